The summed E-state index contributed by atoms with van der Waals surface area (Å²) in [5.74, 6) is 0. The van der Waals surface area contributed by atoms with E-state index in [9.17, 15) is 25.2 Å². The fourth-order valence-electron chi connectivity index (χ4n) is 2.26. The van der Waals surface area contributed by atoms with Gasteiger partial charge in [-0.05, 0) is 13.3 Å². The van der Waals surface area contributed by atoms with Gasteiger partial charge in [0.1, 0.15) is 37.3 Å². The van der Waals surface area contributed by atoms with Gasteiger partial charge in [0, 0.05) is 20.1 Å². The molecule has 4 atom stereocenters. The topological polar surface area (TPSA) is 166 Å². The molecule has 0 aromatic heterocycles. The monoisotopic (exact) mass is 469 g/mol. The summed E-state index contributed by atoms with van der Waals surface area (Å²) in [6.07, 6.45) is -4.01. The molecule has 4 N–H and O–H groups in total. The SMILES string of the molecule is COCC(O)C(O)C(O)C(O)/C(C)=N/OCCOCCOCCOCCOCCCC=O. The summed E-state index contributed by atoms with van der Waals surface area (Å²) in [4.78, 5) is 15.1. The van der Waals surface area contributed by atoms with Crippen LogP contribution in [0.2, 0.25) is 0 Å². The van der Waals surface area contributed by atoms with Gasteiger partial charge in [0.15, 0.2) is 0 Å². The Hall–Kier alpha value is -1.22. The Kier molecular flexibility index (Phi) is 20.8. The lowest BCUT2D eigenvalue weighted by molar-refractivity contribution is -0.108. The van der Waals surface area contributed by atoms with E-state index in [1.54, 1.807) is 0 Å². The summed E-state index contributed by atoms with van der Waals surface area (Å²) in [6.45, 7) is 4.71. The van der Waals surface area contributed by atoms with Gasteiger partial charge in [-0.15, -0.1) is 0 Å². The third-order valence-electron chi connectivity index (χ3n) is 4.09. The van der Waals surface area contributed by atoms with Gasteiger partial charge in [-0.2, -0.15) is 0 Å². The van der Waals surface area contributed by atoms with E-state index < -0.39 is 24.4 Å². The number of unbranched alkanes of at least 4 members (excludes halogenated alkanes) is 1. The first-order chi connectivity index (χ1) is 15.5. The molecule has 0 rings (SSSR count). The number of aldehydes is 1. The normalized spacial score (nSPS) is 15.9. The largest absolute Gasteiger partial charge is 0.393 e. The molecule has 0 spiro atoms. The van der Waals surface area contributed by atoms with E-state index in [1.807, 2.05) is 0 Å². The van der Waals surface area contributed by atoms with Crippen LogP contribution in [0.25, 0.3) is 0 Å². The van der Waals surface area contributed by atoms with Gasteiger partial charge in [-0.3, -0.25) is 0 Å². The fourth-order valence-corrected chi connectivity index (χ4v) is 2.26. The summed E-state index contributed by atoms with van der Waals surface area (Å²) in [5.41, 5.74) is 0.0378. The maximum atomic E-state index is 10.1. The second kappa shape index (κ2) is 21.6. The van der Waals surface area contributed by atoms with Crippen molar-refractivity contribution in [2.75, 3.05) is 73.2 Å². The first-order valence-electron chi connectivity index (χ1n) is 10.6. The van der Waals surface area contributed by atoms with Crippen molar-refractivity contribution in [2.45, 2.75) is 44.2 Å². The highest BCUT2D eigenvalue weighted by Crippen LogP contribution is 2.07. The lowest BCUT2D eigenvalue weighted by Gasteiger charge is -2.25. The first kappa shape index (κ1) is 30.8. The van der Waals surface area contributed by atoms with Crippen molar-refractivity contribution in [2.24, 2.45) is 5.16 Å². The number of carbonyl (C=O) groups excluding carboxylic acids is 1. The van der Waals surface area contributed by atoms with Gasteiger partial charge in [0.05, 0.1) is 58.6 Å². The molecular formula is C20H39NO11. The van der Waals surface area contributed by atoms with E-state index in [4.69, 9.17) is 23.8 Å². The molecule has 0 bridgehead atoms. The minimum atomic E-state index is -1.65. The molecule has 0 amide bonds. The summed E-state index contributed by atoms with van der Waals surface area (Å²) in [7, 11) is 1.34. The van der Waals surface area contributed by atoms with Crippen molar-refractivity contribution in [3.8, 4) is 0 Å². The van der Waals surface area contributed by atoms with Gasteiger partial charge < -0.3 is 53.7 Å². The molecular weight excluding hydrogens is 430 g/mol. The third-order valence-corrected chi connectivity index (χ3v) is 4.09. The van der Waals surface area contributed by atoms with Crippen LogP contribution in [-0.2, 0) is 33.3 Å². The van der Waals surface area contributed by atoms with Gasteiger partial charge in [0.25, 0.3) is 0 Å². The lowest BCUT2D eigenvalue weighted by Crippen LogP contribution is -2.48. The smallest absolute Gasteiger partial charge is 0.140 e. The van der Waals surface area contributed by atoms with E-state index in [0.29, 0.717) is 52.7 Å². The van der Waals surface area contributed by atoms with Crippen molar-refractivity contribution in [1.29, 1.82) is 0 Å². The Labute approximate surface area is 189 Å². The standard InChI is InChI=1S/C20H39NO11/c1-16(18(24)20(26)19(25)17(23)15-27-2)21-32-14-13-31-12-11-30-10-9-29-8-7-28-6-4-3-5-22/h5,17-20,23-26H,3-4,6-15H2,1-2H3/b21-16+. The van der Waals surface area contributed by atoms with Gasteiger partial charge in [0.2, 0.25) is 0 Å². The molecule has 12 heteroatoms. The van der Waals surface area contributed by atoms with Crippen LogP contribution in [0, 0.1) is 0 Å². The second-order valence-corrected chi connectivity index (χ2v) is 6.77. The molecule has 0 radical (unpaired) electrons. The molecule has 0 aliphatic heterocycles. The quantitative estimate of drug-likeness (QED) is 0.0596. The molecule has 190 valence electrons. The molecule has 0 aromatic carbocycles. The zero-order valence-electron chi connectivity index (χ0n) is 19.0. The summed E-state index contributed by atoms with van der Waals surface area (Å²) >= 11 is 0. The Bertz CT molecular complexity index is 467. The summed E-state index contributed by atoms with van der Waals surface area (Å²) < 4.78 is 25.9. The molecule has 32 heavy (non-hydrogen) atoms. The van der Waals surface area contributed by atoms with Gasteiger partial charge in [-0.25, -0.2) is 0 Å². The molecule has 0 saturated carbocycles. The molecule has 0 aliphatic carbocycles. The second-order valence-electron chi connectivity index (χ2n) is 6.77. The van der Waals surface area contributed by atoms with Crippen LogP contribution in [0.5, 0.6) is 0 Å². The molecule has 0 aromatic rings. The van der Waals surface area contributed by atoms with Gasteiger partial charge >= 0.3 is 0 Å². The van der Waals surface area contributed by atoms with Crippen LogP contribution < -0.4 is 0 Å². The molecule has 0 fully saturated rings. The van der Waals surface area contributed by atoms with E-state index in [2.05, 4.69) is 9.89 Å². The summed E-state index contributed by atoms with van der Waals surface area (Å²) in [6, 6.07) is 0. The Morgan fingerprint density at radius 2 is 1.31 bits per heavy atom. The molecule has 4 unspecified atom stereocenters. The van der Waals surface area contributed by atoms with Crippen molar-refractivity contribution < 1.29 is 53.7 Å². The third kappa shape index (κ3) is 16.4. The molecule has 0 aliphatic rings. The Balaban J connectivity index is 3.60. The number of hydrogen-bond acceptors (Lipinski definition) is 12. The molecule has 0 heterocycles. The van der Waals surface area contributed by atoms with E-state index in [-0.39, 0.29) is 25.5 Å². The highest BCUT2D eigenvalue weighted by Gasteiger charge is 2.32. The minimum absolute atomic E-state index is 0.0378. The lowest BCUT2D eigenvalue weighted by atomic mass is 10.0. The van der Waals surface area contributed by atoms with Crippen LogP contribution in [0.1, 0.15) is 19.8 Å². The summed E-state index contributed by atoms with van der Waals surface area (Å²) in [5, 5.41) is 42.9. The fraction of sp³-hybridized carbons (Fsp3) is 0.900. The Morgan fingerprint density at radius 3 is 1.81 bits per heavy atom. The van der Waals surface area contributed by atoms with E-state index in [0.717, 1.165) is 12.7 Å². The van der Waals surface area contributed by atoms with Gasteiger partial charge in [-0.1, -0.05) is 5.16 Å². The highest BCUT2D eigenvalue weighted by molar-refractivity contribution is 5.86. The number of ether oxygens (including phenoxy) is 5. The minimum Gasteiger partial charge on any atom is -0.393 e. The Morgan fingerprint density at radius 1 is 0.812 bits per heavy atom. The van der Waals surface area contributed by atoms with Crippen LogP contribution in [0.4, 0.5) is 0 Å². The zero-order valence-corrected chi connectivity index (χ0v) is 19.0. The average molecular weight is 470 g/mol. The number of carbonyl (C=O) groups is 1. The van der Waals surface area contributed by atoms with Crippen LogP contribution in [0.15, 0.2) is 5.16 Å². The maximum Gasteiger partial charge on any atom is 0.140 e. The average Bonchev–Trinajstić information content (AvgIpc) is 2.79. The van der Waals surface area contributed by atoms with Crippen molar-refractivity contribution in [1.82, 2.24) is 0 Å². The highest BCUT2D eigenvalue weighted by atomic mass is 16.6. The number of methoxy groups -OCH3 is 1. The van der Waals surface area contributed by atoms with Crippen molar-refractivity contribution in [3.63, 3.8) is 0 Å². The van der Waals surface area contributed by atoms with Crippen LogP contribution in [0.3, 0.4) is 0 Å². The van der Waals surface area contributed by atoms with E-state index >= 15 is 0 Å². The number of rotatable bonds is 23. The molecule has 0 saturated heterocycles. The number of aliphatic hydroxyl groups excluding tert-OH is 4. The zero-order chi connectivity index (χ0) is 24.0. The first-order valence-corrected chi connectivity index (χ1v) is 10.6. The predicted molar refractivity (Wildman–Crippen MR) is 114 cm³/mol. The number of hydrogen-bond donors (Lipinski definition) is 4. The predicted octanol–water partition coefficient (Wildman–Crippen LogP) is -1.49. The maximum absolute atomic E-state index is 10.1. The number of aliphatic hydroxyl groups is 4. The number of nitrogens with zero attached hydrogens (tertiary/aromatic N) is 1. The van der Waals surface area contributed by atoms with Crippen molar-refractivity contribution in [3.05, 3.63) is 0 Å². The van der Waals surface area contributed by atoms with E-state index in [1.165, 1.54) is 14.0 Å². The molecule has 12 nitrogen and oxygen atoms in total. The van der Waals surface area contributed by atoms with Crippen LogP contribution >= 0.6 is 0 Å². The van der Waals surface area contributed by atoms with Crippen molar-refractivity contribution >= 4 is 12.0 Å². The van der Waals surface area contributed by atoms with Crippen LogP contribution in [-0.4, -0.2) is 130 Å². The number of oxime groups is 1.